The second-order valence-corrected chi connectivity index (χ2v) is 9.30. The summed E-state index contributed by atoms with van der Waals surface area (Å²) in [6.07, 6.45) is -0.124. The fraction of sp³-hybridized carbons (Fsp3) is 0.238. The lowest BCUT2D eigenvalue weighted by Crippen LogP contribution is -2.25. The number of rotatable bonds is 7. The van der Waals surface area contributed by atoms with Crippen LogP contribution in [0, 0.1) is 13.8 Å². The standard InChI is InChI=1S/C21H21ClN2O4S/c1-14-3-6-17(19-11-15(2)24-28-19)12-20(14)29(26,27)10-9-21(25)23-13-16-4-7-18(22)8-5-16/h3-8,11-12H,9-10,13H2,1-2H3,(H,23,25). The quantitative estimate of drug-likeness (QED) is 0.607. The Bertz CT molecular complexity index is 1120. The number of benzene rings is 2. The average molecular weight is 433 g/mol. The molecule has 0 fully saturated rings. The van der Waals surface area contributed by atoms with Crippen molar-refractivity contribution in [2.45, 2.75) is 31.7 Å². The number of carbonyl (C=O) groups is 1. The molecular weight excluding hydrogens is 412 g/mol. The molecule has 1 amide bonds. The summed E-state index contributed by atoms with van der Waals surface area (Å²) < 4.78 is 30.9. The zero-order valence-corrected chi connectivity index (χ0v) is 17.7. The molecule has 0 saturated heterocycles. The summed E-state index contributed by atoms with van der Waals surface area (Å²) in [5.41, 5.74) is 2.84. The molecule has 29 heavy (non-hydrogen) atoms. The summed E-state index contributed by atoms with van der Waals surface area (Å²) in [4.78, 5) is 12.3. The van der Waals surface area contributed by atoms with Crippen LogP contribution in [0.1, 0.15) is 23.2 Å². The van der Waals surface area contributed by atoms with Crippen LogP contribution in [0.15, 0.2) is 57.9 Å². The van der Waals surface area contributed by atoms with Crippen LogP contribution in [-0.2, 0) is 21.2 Å². The highest BCUT2D eigenvalue weighted by Gasteiger charge is 2.20. The number of hydrogen-bond donors (Lipinski definition) is 1. The zero-order chi connectivity index (χ0) is 21.0. The van der Waals surface area contributed by atoms with Crippen molar-refractivity contribution in [2.24, 2.45) is 0 Å². The van der Waals surface area contributed by atoms with Crippen LogP contribution in [0.25, 0.3) is 11.3 Å². The first-order valence-corrected chi connectivity index (χ1v) is 11.1. The molecule has 0 spiro atoms. The molecule has 0 aliphatic rings. The molecular formula is C21H21ClN2O4S. The number of aromatic nitrogens is 1. The molecule has 152 valence electrons. The number of amides is 1. The number of aryl methyl sites for hydroxylation is 2. The Morgan fingerprint density at radius 1 is 1.10 bits per heavy atom. The number of sulfone groups is 1. The molecule has 8 heteroatoms. The van der Waals surface area contributed by atoms with Gasteiger partial charge in [0.2, 0.25) is 5.91 Å². The van der Waals surface area contributed by atoms with Gasteiger partial charge < -0.3 is 9.84 Å². The lowest BCUT2D eigenvalue weighted by Gasteiger charge is -2.10. The van der Waals surface area contributed by atoms with Gasteiger partial charge in [-0.05, 0) is 43.2 Å². The van der Waals surface area contributed by atoms with Crippen LogP contribution in [0.3, 0.4) is 0 Å². The summed E-state index contributed by atoms with van der Waals surface area (Å²) >= 11 is 5.83. The van der Waals surface area contributed by atoms with E-state index in [0.29, 0.717) is 34.1 Å². The van der Waals surface area contributed by atoms with E-state index < -0.39 is 9.84 Å². The molecule has 3 aromatic rings. The van der Waals surface area contributed by atoms with E-state index >= 15 is 0 Å². The minimum absolute atomic E-state index is 0.124. The Morgan fingerprint density at radius 2 is 1.83 bits per heavy atom. The van der Waals surface area contributed by atoms with E-state index in [-0.39, 0.29) is 23.0 Å². The van der Waals surface area contributed by atoms with Crippen LogP contribution < -0.4 is 5.32 Å². The summed E-state index contributed by atoms with van der Waals surface area (Å²) in [5, 5.41) is 7.17. The Balaban J connectivity index is 1.66. The van der Waals surface area contributed by atoms with Crippen molar-refractivity contribution in [3.05, 3.63) is 70.4 Å². The fourth-order valence-electron chi connectivity index (χ4n) is 2.82. The Labute approximate surface area is 174 Å². The second-order valence-electron chi connectivity index (χ2n) is 6.78. The molecule has 0 aliphatic heterocycles. The maximum absolute atomic E-state index is 12.8. The van der Waals surface area contributed by atoms with E-state index in [2.05, 4.69) is 10.5 Å². The Kier molecular flexibility index (Phi) is 6.39. The molecule has 0 saturated carbocycles. The van der Waals surface area contributed by atoms with Crippen LogP contribution in [0.4, 0.5) is 0 Å². The molecule has 6 nitrogen and oxygen atoms in total. The van der Waals surface area contributed by atoms with Gasteiger partial charge in [0, 0.05) is 29.6 Å². The summed E-state index contributed by atoms with van der Waals surface area (Å²) in [6, 6.07) is 13.9. The molecule has 3 rings (SSSR count). The highest BCUT2D eigenvalue weighted by Crippen LogP contribution is 2.26. The van der Waals surface area contributed by atoms with Crippen molar-refractivity contribution in [1.29, 1.82) is 0 Å². The number of nitrogens with one attached hydrogen (secondary N) is 1. The molecule has 0 aliphatic carbocycles. The molecule has 0 atom stereocenters. The molecule has 0 bridgehead atoms. The van der Waals surface area contributed by atoms with Crippen molar-refractivity contribution >= 4 is 27.3 Å². The third kappa shape index (κ3) is 5.46. The molecule has 1 heterocycles. The van der Waals surface area contributed by atoms with Gasteiger partial charge in [-0.2, -0.15) is 0 Å². The van der Waals surface area contributed by atoms with E-state index in [1.165, 1.54) is 0 Å². The predicted octanol–water partition coefficient (Wildman–Crippen LogP) is 4.09. The van der Waals surface area contributed by atoms with Crippen molar-refractivity contribution in [3.63, 3.8) is 0 Å². The normalized spacial score (nSPS) is 11.4. The van der Waals surface area contributed by atoms with Gasteiger partial charge in [0.05, 0.1) is 16.3 Å². The summed E-state index contributed by atoms with van der Waals surface area (Å²) in [7, 11) is -3.64. The fourth-order valence-corrected chi connectivity index (χ4v) is 4.48. The number of nitrogens with zero attached hydrogens (tertiary/aromatic N) is 1. The number of halogens is 1. The third-order valence-electron chi connectivity index (χ3n) is 4.44. The smallest absolute Gasteiger partial charge is 0.221 e. The highest BCUT2D eigenvalue weighted by atomic mass is 35.5. The molecule has 1 aromatic heterocycles. The van der Waals surface area contributed by atoms with Gasteiger partial charge in [-0.15, -0.1) is 0 Å². The van der Waals surface area contributed by atoms with Gasteiger partial charge in [-0.25, -0.2) is 8.42 Å². The molecule has 1 N–H and O–H groups in total. The van der Waals surface area contributed by atoms with Gasteiger partial charge in [-0.1, -0.05) is 41.0 Å². The number of hydrogen-bond acceptors (Lipinski definition) is 5. The van der Waals surface area contributed by atoms with Crippen LogP contribution in [0.5, 0.6) is 0 Å². The predicted molar refractivity (Wildman–Crippen MR) is 111 cm³/mol. The van der Waals surface area contributed by atoms with Gasteiger partial charge in [0.15, 0.2) is 15.6 Å². The monoisotopic (exact) mass is 432 g/mol. The van der Waals surface area contributed by atoms with E-state index in [4.69, 9.17) is 16.1 Å². The first-order valence-electron chi connectivity index (χ1n) is 9.03. The van der Waals surface area contributed by atoms with E-state index in [1.807, 2.05) is 0 Å². The van der Waals surface area contributed by atoms with Gasteiger partial charge in [0.1, 0.15) is 0 Å². The minimum Gasteiger partial charge on any atom is -0.356 e. The Morgan fingerprint density at radius 3 is 2.48 bits per heavy atom. The second kappa shape index (κ2) is 8.80. The zero-order valence-electron chi connectivity index (χ0n) is 16.1. The van der Waals surface area contributed by atoms with Crippen molar-refractivity contribution in [3.8, 4) is 11.3 Å². The number of carbonyl (C=O) groups excluding carboxylic acids is 1. The molecule has 0 unspecified atom stereocenters. The van der Waals surface area contributed by atoms with Crippen LogP contribution in [-0.4, -0.2) is 25.2 Å². The van der Waals surface area contributed by atoms with Crippen molar-refractivity contribution in [2.75, 3.05) is 5.75 Å². The first kappa shape index (κ1) is 21.1. The van der Waals surface area contributed by atoms with E-state index in [1.54, 1.807) is 62.4 Å². The first-order chi connectivity index (χ1) is 13.7. The van der Waals surface area contributed by atoms with Gasteiger partial charge in [-0.3, -0.25) is 4.79 Å². The largest absolute Gasteiger partial charge is 0.356 e. The van der Waals surface area contributed by atoms with E-state index in [9.17, 15) is 13.2 Å². The molecule has 2 aromatic carbocycles. The lowest BCUT2D eigenvalue weighted by molar-refractivity contribution is -0.120. The molecule has 0 radical (unpaired) electrons. The third-order valence-corrected chi connectivity index (χ3v) is 6.54. The van der Waals surface area contributed by atoms with E-state index in [0.717, 1.165) is 5.56 Å². The van der Waals surface area contributed by atoms with Crippen LogP contribution in [0.2, 0.25) is 5.02 Å². The Hall–Kier alpha value is -2.64. The summed E-state index contributed by atoms with van der Waals surface area (Å²) in [6.45, 7) is 3.83. The SMILES string of the molecule is Cc1cc(-c2ccc(C)c(S(=O)(=O)CCC(=O)NCc3ccc(Cl)cc3)c2)on1. The highest BCUT2D eigenvalue weighted by molar-refractivity contribution is 7.91. The maximum atomic E-state index is 12.8. The maximum Gasteiger partial charge on any atom is 0.221 e. The van der Waals surface area contributed by atoms with Gasteiger partial charge in [0.25, 0.3) is 0 Å². The van der Waals surface area contributed by atoms with Crippen LogP contribution >= 0.6 is 11.6 Å². The lowest BCUT2D eigenvalue weighted by atomic mass is 10.1. The van der Waals surface area contributed by atoms with Crippen molar-refractivity contribution in [1.82, 2.24) is 10.5 Å². The average Bonchev–Trinajstić information content (AvgIpc) is 3.12. The van der Waals surface area contributed by atoms with Crippen molar-refractivity contribution < 1.29 is 17.7 Å². The summed E-state index contributed by atoms with van der Waals surface area (Å²) in [5.74, 6) is -0.109. The topological polar surface area (TPSA) is 89.3 Å². The minimum atomic E-state index is -3.64. The van der Waals surface area contributed by atoms with Gasteiger partial charge >= 0.3 is 0 Å².